The van der Waals surface area contributed by atoms with E-state index in [0.29, 0.717) is 12.7 Å². The van der Waals surface area contributed by atoms with Gasteiger partial charge in [-0.15, -0.1) is 0 Å². The number of aliphatic carboxylic acids is 2. The van der Waals surface area contributed by atoms with Gasteiger partial charge in [0.2, 0.25) is 17.7 Å². The van der Waals surface area contributed by atoms with Crippen LogP contribution in [0.15, 0.2) is 0 Å². The third kappa shape index (κ3) is 12.6. The molecule has 14 nitrogen and oxygen atoms in total. The molecule has 0 aliphatic carbocycles. The highest BCUT2D eigenvalue weighted by Gasteiger charge is 2.31. The van der Waals surface area contributed by atoms with Gasteiger partial charge in [0, 0.05) is 19.9 Å². The number of aldehydes is 2. The summed E-state index contributed by atoms with van der Waals surface area (Å²) in [6.45, 7) is 4.28. The molecular formula is C21H34N4O10. The maximum Gasteiger partial charge on any atom is 0.305 e. The van der Waals surface area contributed by atoms with Gasteiger partial charge in [0.25, 0.3) is 0 Å². The van der Waals surface area contributed by atoms with Crippen LogP contribution in [0.4, 0.5) is 0 Å². The highest BCUT2D eigenvalue weighted by Crippen LogP contribution is 2.10. The van der Waals surface area contributed by atoms with Gasteiger partial charge in [-0.05, 0) is 12.3 Å². The Balaban J connectivity index is 5.42. The Bertz CT molecular complexity index is 775. The molecule has 198 valence electrons. The van der Waals surface area contributed by atoms with Gasteiger partial charge in [-0.1, -0.05) is 20.3 Å². The molecule has 0 spiro atoms. The van der Waals surface area contributed by atoms with E-state index in [2.05, 4.69) is 21.3 Å². The largest absolute Gasteiger partial charge is 0.481 e. The van der Waals surface area contributed by atoms with Gasteiger partial charge in [0.1, 0.15) is 30.7 Å². The second kappa shape index (κ2) is 16.3. The van der Waals surface area contributed by atoms with Crippen molar-refractivity contribution in [2.75, 3.05) is 6.54 Å². The lowest BCUT2D eigenvalue weighted by Crippen LogP contribution is -2.58. The minimum atomic E-state index is -1.57. The smallest absolute Gasteiger partial charge is 0.305 e. The van der Waals surface area contributed by atoms with Crippen molar-refractivity contribution in [3.63, 3.8) is 0 Å². The molecule has 0 aromatic heterocycles. The number of hydrogen-bond acceptors (Lipinski definition) is 9. The Labute approximate surface area is 202 Å². The molecule has 0 unspecified atom stereocenters. The van der Waals surface area contributed by atoms with Crippen LogP contribution in [-0.2, 0) is 33.6 Å². The number of carboxylic acid groups (broad SMARTS) is 2. The summed E-state index contributed by atoms with van der Waals surface area (Å²) >= 11 is 0. The molecule has 0 saturated carbocycles. The Morgan fingerprint density at radius 2 is 1.54 bits per heavy atom. The van der Waals surface area contributed by atoms with Gasteiger partial charge in [-0.25, -0.2) is 0 Å². The number of amides is 3. The number of carbonyl (C=O) groups excluding carboxylic acids is 5. The predicted molar refractivity (Wildman–Crippen MR) is 120 cm³/mol. The zero-order valence-corrected chi connectivity index (χ0v) is 19.9. The number of rotatable bonds is 18. The number of carbonyl (C=O) groups is 7. The van der Waals surface area contributed by atoms with Crippen LogP contribution in [0.3, 0.4) is 0 Å². The predicted octanol–water partition coefficient (Wildman–Crippen LogP) is -2.44. The number of carboxylic acids is 2. The average Bonchev–Trinajstić information content (AvgIpc) is 2.79. The average molecular weight is 503 g/mol. The first-order valence-corrected chi connectivity index (χ1v) is 11.0. The molecule has 3 amide bonds. The first-order valence-electron chi connectivity index (χ1n) is 11.0. The van der Waals surface area contributed by atoms with Crippen LogP contribution >= 0.6 is 0 Å². The Morgan fingerprint density at radius 3 is 2.00 bits per heavy atom. The molecule has 35 heavy (non-hydrogen) atoms. The highest BCUT2D eigenvalue weighted by molar-refractivity contribution is 5.93. The van der Waals surface area contributed by atoms with E-state index >= 15 is 0 Å². The number of hydrogen-bond donors (Lipinski definition) is 7. The summed E-state index contributed by atoms with van der Waals surface area (Å²) < 4.78 is 0. The van der Waals surface area contributed by atoms with Crippen LogP contribution in [-0.4, -0.2) is 94.4 Å². The lowest BCUT2D eigenvalue weighted by Gasteiger charge is -2.27. The third-order valence-corrected chi connectivity index (χ3v) is 5.15. The fourth-order valence-corrected chi connectivity index (χ4v) is 2.96. The standard InChI is InChI=1S/C21H34N4O10/c1-4-11(2)19(23-12(3)28)21(35)24-14(5-6-17(30)31)20(34)25-15(10-27)16(29)8-22-13(9-26)7-18(32)33/h9-11,13-16,19,22,29H,4-8H2,1-3H3,(H,23,28)(H,24,35)(H,25,34)(H,30,31)(H,32,33)/t11-,13-,14-,15+,16+,19-/m0/s1. The van der Waals surface area contributed by atoms with Crippen molar-refractivity contribution in [1.29, 1.82) is 0 Å². The van der Waals surface area contributed by atoms with E-state index < -0.39 is 79.3 Å². The van der Waals surface area contributed by atoms with E-state index in [4.69, 9.17) is 10.2 Å². The van der Waals surface area contributed by atoms with E-state index in [1.807, 2.05) is 0 Å². The summed E-state index contributed by atoms with van der Waals surface area (Å²) in [6, 6.07) is -5.06. The minimum absolute atomic E-state index is 0.201. The summed E-state index contributed by atoms with van der Waals surface area (Å²) in [5, 5.41) is 37.5. The molecule has 6 atom stereocenters. The molecule has 0 fully saturated rings. The monoisotopic (exact) mass is 502 g/mol. The summed E-state index contributed by atoms with van der Waals surface area (Å²) in [5.41, 5.74) is 0. The molecule has 0 heterocycles. The Hall–Kier alpha value is -3.39. The molecule has 0 aromatic rings. The Kier molecular flexibility index (Phi) is 14.7. The molecule has 0 radical (unpaired) electrons. The van der Waals surface area contributed by atoms with Crippen LogP contribution in [0.25, 0.3) is 0 Å². The number of aliphatic hydroxyl groups excluding tert-OH is 1. The summed E-state index contributed by atoms with van der Waals surface area (Å²) in [5.74, 6) is -4.99. The third-order valence-electron chi connectivity index (χ3n) is 5.15. The second-order valence-electron chi connectivity index (χ2n) is 8.04. The molecule has 0 aliphatic rings. The fraction of sp³-hybridized carbons (Fsp3) is 0.667. The normalized spacial score (nSPS) is 15.9. The molecule has 0 saturated heterocycles. The van der Waals surface area contributed by atoms with Gasteiger partial charge in [0.05, 0.1) is 18.6 Å². The van der Waals surface area contributed by atoms with Gasteiger partial charge in [-0.3, -0.25) is 24.0 Å². The molecule has 0 aromatic carbocycles. The van der Waals surface area contributed by atoms with Crippen molar-refractivity contribution in [2.24, 2.45) is 5.92 Å². The quantitative estimate of drug-likeness (QED) is 0.0974. The van der Waals surface area contributed by atoms with Crippen molar-refractivity contribution in [3.05, 3.63) is 0 Å². The van der Waals surface area contributed by atoms with Gasteiger partial charge < -0.3 is 46.2 Å². The summed E-state index contributed by atoms with van der Waals surface area (Å²) in [4.78, 5) is 81.1. The van der Waals surface area contributed by atoms with E-state index in [1.165, 1.54) is 6.92 Å². The fourth-order valence-electron chi connectivity index (χ4n) is 2.96. The first-order chi connectivity index (χ1) is 16.4. The van der Waals surface area contributed by atoms with Crippen molar-refractivity contribution >= 4 is 42.2 Å². The van der Waals surface area contributed by atoms with E-state index in [0.717, 1.165) is 0 Å². The van der Waals surface area contributed by atoms with E-state index in [9.17, 15) is 38.7 Å². The van der Waals surface area contributed by atoms with E-state index in [-0.39, 0.29) is 18.6 Å². The van der Waals surface area contributed by atoms with Crippen molar-refractivity contribution in [3.8, 4) is 0 Å². The second-order valence-corrected chi connectivity index (χ2v) is 8.04. The molecule has 0 bridgehead atoms. The van der Waals surface area contributed by atoms with Crippen LogP contribution in [0, 0.1) is 5.92 Å². The maximum absolute atomic E-state index is 12.8. The maximum atomic E-state index is 12.8. The van der Waals surface area contributed by atoms with Crippen molar-refractivity contribution in [1.82, 2.24) is 21.3 Å². The molecule has 7 N–H and O–H groups in total. The zero-order chi connectivity index (χ0) is 27.1. The number of aliphatic hydroxyl groups is 1. The Morgan fingerprint density at radius 1 is 0.914 bits per heavy atom. The van der Waals surface area contributed by atoms with Crippen molar-refractivity contribution < 1.29 is 48.9 Å². The SMILES string of the molecule is CC[C@H](C)[C@H](NC(C)=O)C(=O)N[C@@H](CCC(=O)O)C(=O)N[C@H](C=O)[C@H](O)CN[C@H](C=O)CC(=O)O. The lowest BCUT2D eigenvalue weighted by molar-refractivity contribution is -0.139. The van der Waals surface area contributed by atoms with Crippen molar-refractivity contribution in [2.45, 2.75) is 76.7 Å². The van der Waals surface area contributed by atoms with Gasteiger partial charge in [-0.2, -0.15) is 0 Å². The highest BCUT2D eigenvalue weighted by atomic mass is 16.4. The van der Waals surface area contributed by atoms with E-state index in [1.54, 1.807) is 13.8 Å². The zero-order valence-electron chi connectivity index (χ0n) is 19.9. The summed E-state index contributed by atoms with van der Waals surface area (Å²) in [7, 11) is 0. The number of nitrogens with one attached hydrogen (secondary N) is 4. The van der Waals surface area contributed by atoms with Crippen LogP contribution in [0.1, 0.15) is 46.5 Å². The topological polar surface area (TPSA) is 228 Å². The molecule has 0 rings (SSSR count). The van der Waals surface area contributed by atoms with Gasteiger partial charge in [0.15, 0.2) is 0 Å². The van der Waals surface area contributed by atoms with Crippen LogP contribution in [0.2, 0.25) is 0 Å². The van der Waals surface area contributed by atoms with Crippen LogP contribution in [0.5, 0.6) is 0 Å². The van der Waals surface area contributed by atoms with Crippen LogP contribution < -0.4 is 21.3 Å². The molecule has 14 heteroatoms. The lowest BCUT2D eigenvalue weighted by atomic mass is 9.97. The minimum Gasteiger partial charge on any atom is -0.481 e. The molecular weight excluding hydrogens is 468 g/mol. The molecule has 0 aliphatic heterocycles. The van der Waals surface area contributed by atoms with Gasteiger partial charge >= 0.3 is 11.9 Å². The first kappa shape index (κ1) is 31.6. The summed E-state index contributed by atoms with van der Waals surface area (Å²) in [6.07, 6.45) is -1.95.